The van der Waals surface area contributed by atoms with Gasteiger partial charge >= 0.3 is 0 Å². The lowest BCUT2D eigenvalue weighted by Gasteiger charge is -2.20. The summed E-state index contributed by atoms with van der Waals surface area (Å²) in [6.07, 6.45) is 5.64. The third-order valence-corrected chi connectivity index (χ3v) is 5.18. The summed E-state index contributed by atoms with van der Waals surface area (Å²) in [6.45, 7) is 4.15. The van der Waals surface area contributed by atoms with E-state index in [0.717, 1.165) is 18.3 Å². The minimum Gasteiger partial charge on any atom is -0.197 e. The first-order chi connectivity index (χ1) is 7.72. The zero-order valence-electron chi connectivity index (χ0n) is 9.45. The summed E-state index contributed by atoms with van der Waals surface area (Å²) in [6, 6.07) is 4.59. The molecule has 0 aromatic heterocycles. The Bertz CT molecular complexity index is 409. The van der Waals surface area contributed by atoms with Gasteiger partial charge in [-0.3, -0.25) is 0 Å². The van der Waals surface area contributed by atoms with Crippen molar-refractivity contribution in [1.82, 2.24) is 0 Å². The fourth-order valence-corrected chi connectivity index (χ4v) is 4.57. The van der Waals surface area contributed by atoms with Gasteiger partial charge in [0.15, 0.2) is 5.41 Å². The van der Waals surface area contributed by atoms with E-state index in [-0.39, 0.29) is 5.92 Å². The van der Waals surface area contributed by atoms with Crippen LogP contribution in [-0.4, -0.2) is 0 Å². The van der Waals surface area contributed by atoms with E-state index in [1.54, 1.807) is 0 Å². The second kappa shape index (κ2) is 3.11. The Morgan fingerprint density at radius 3 is 2.69 bits per heavy atom. The fraction of sp³-hybridized carbons (Fsp3) is 0.714. The number of nitrogens with zero attached hydrogens (tertiary/aromatic N) is 2. The highest BCUT2D eigenvalue weighted by atomic mass is 14.6. The molecular formula is C14H16N2. The highest BCUT2D eigenvalue weighted by Gasteiger charge is 2.59. The van der Waals surface area contributed by atoms with Gasteiger partial charge in [0.1, 0.15) is 0 Å². The molecule has 82 valence electrons. The van der Waals surface area contributed by atoms with Crippen LogP contribution >= 0.6 is 0 Å². The maximum atomic E-state index is 9.33. The van der Waals surface area contributed by atoms with Crippen molar-refractivity contribution in [2.75, 3.05) is 0 Å². The molecule has 3 aliphatic carbocycles. The van der Waals surface area contributed by atoms with Crippen LogP contribution in [0.4, 0.5) is 0 Å². The van der Waals surface area contributed by atoms with Crippen molar-refractivity contribution in [3.63, 3.8) is 0 Å². The Kier molecular flexibility index (Phi) is 1.93. The maximum absolute atomic E-state index is 9.33. The van der Waals surface area contributed by atoms with Gasteiger partial charge in [0.05, 0.1) is 12.1 Å². The van der Waals surface area contributed by atoms with Crippen molar-refractivity contribution >= 4 is 0 Å². The normalized spacial score (nSPS) is 43.5. The summed E-state index contributed by atoms with van der Waals surface area (Å²) < 4.78 is 0. The Hall–Kier alpha value is -1.28. The van der Waals surface area contributed by atoms with Gasteiger partial charge in [-0.2, -0.15) is 10.5 Å². The molecular weight excluding hydrogens is 196 g/mol. The van der Waals surface area contributed by atoms with Gasteiger partial charge in [-0.05, 0) is 36.5 Å². The number of nitriles is 2. The van der Waals surface area contributed by atoms with Crippen molar-refractivity contribution in [3.8, 4) is 12.1 Å². The van der Waals surface area contributed by atoms with Crippen molar-refractivity contribution in [2.24, 2.45) is 29.1 Å². The van der Waals surface area contributed by atoms with E-state index in [1.807, 2.05) is 0 Å². The zero-order valence-corrected chi connectivity index (χ0v) is 9.45. The van der Waals surface area contributed by atoms with Crippen LogP contribution in [0.15, 0.2) is 12.2 Å². The van der Waals surface area contributed by atoms with E-state index < -0.39 is 5.41 Å². The first kappa shape index (κ1) is 9.91. The van der Waals surface area contributed by atoms with Crippen LogP contribution < -0.4 is 0 Å². The quantitative estimate of drug-likeness (QED) is 0.579. The predicted molar refractivity (Wildman–Crippen MR) is 59.8 cm³/mol. The lowest BCUT2D eigenvalue weighted by Crippen LogP contribution is -2.23. The van der Waals surface area contributed by atoms with E-state index >= 15 is 0 Å². The van der Waals surface area contributed by atoms with Crippen LogP contribution in [0.5, 0.6) is 0 Å². The highest BCUT2D eigenvalue weighted by molar-refractivity contribution is 5.33. The molecule has 0 N–H and O–H groups in total. The first-order valence-electron chi connectivity index (χ1n) is 6.22. The van der Waals surface area contributed by atoms with E-state index in [0.29, 0.717) is 12.3 Å². The summed E-state index contributed by atoms with van der Waals surface area (Å²) >= 11 is 0. The second-order valence-corrected chi connectivity index (χ2v) is 5.75. The number of hydrogen-bond donors (Lipinski definition) is 0. The summed E-state index contributed by atoms with van der Waals surface area (Å²) in [5.41, 5.74) is 0.439. The number of hydrogen-bond acceptors (Lipinski definition) is 2. The molecule has 3 rings (SSSR count). The Morgan fingerprint density at radius 2 is 2.00 bits per heavy atom. The van der Waals surface area contributed by atoms with Gasteiger partial charge in [0.25, 0.3) is 0 Å². The Morgan fingerprint density at radius 1 is 1.25 bits per heavy atom. The van der Waals surface area contributed by atoms with Crippen molar-refractivity contribution in [2.45, 2.75) is 32.1 Å². The fourth-order valence-electron chi connectivity index (χ4n) is 4.57. The molecule has 3 saturated carbocycles. The molecule has 3 fully saturated rings. The maximum Gasteiger partial charge on any atom is 0.150 e. The monoisotopic (exact) mass is 212 g/mol. The third kappa shape index (κ3) is 1.00. The minimum atomic E-state index is -0.744. The van der Waals surface area contributed by atoms with Gasteiger partial charge < -0.3 is 0 Å². The van der Waals surface area contributed by atoms with Crippen LogP contribution in [0.25, 0.3) is 0 Å². The molecule has 0 heterocycles. The molecule has 0 bridgehead atoms. The molecule has 3 aliphatic rings. The summed E-state index contributed by atoms with van der Waals surface area (Å²) in [7, 11) is 0. The number of rotatable bonds is 0. The van der Waals surface area contributed by atoms with Crippen LogP contribution in [0.1, 0.15) is 32.1 Å². The number of allylic oxidation sites excluding steroid dienone is 1. The molecule has 0 saturated heterocycles. The summed E-state index contributed by atoms with van der Waals surface area (Å²) in [5.74, 6) is 2.27. The van der Waals surface area contributed by atoms with Crippen molar-refractivity contribution < 1.29 is 0 Å². The van der Waals surface area contributed by atoms with Crippen LogP contribution in [-0.2, 0) is 0 Å². The Balaban J connectivity index is 2.00. The zero-order chi connectivity index (χ0) is 11.3. The third-order valence-electron chi connectivity index (χ3n) is 5.18. The summed E-state index contributed by atoms with van der Waals surface area (Å²) in [5, 5.41) is 18.7. The summed E-state index contributed by atoms with van der Waals surface area (Å²) in [4.78, 5) is 0. The van der Waals surface area contributed by atoms with Crippen molar-refractivity contribution in [1.29, 1.82) is 10.5 Å². The average molecular weight is 212 g/mol. The Labute approximate surface area is 96.6 Å². The lowest BCUT2D eigenvalue weighted by molar-refractivity contribution is 0.313. The minimum absolute atomic E-state index is 0.283. The number of fused-ring (bicyclic) bond motifs is 3. The van der Waals surface area contributed by atoms with E-state index in [4.69, 9.17) is 0 Å². The second-order valence-electron chi connectivity index (χ2n) is 5.75. The van der Waals surface area contributed by atoms with Crippen molar-refractivity contribution in [3.05, 3.63) is 12.2 Å². The largest absolute Gasteiger partial charge is 0.197 e. The molecule has 0 radical (unpaired) electrons. The molecule has 0 aromatic rings. The van der Waals surface area contributed by atoms with E-state index in [9.17, 15) is 10.5 Å². The standard InChI is InChI=1S/C14H16N2/c1-9-6-14(7-15,8-16)12-5-10-3-2-4-11(10)13(9)12/h10-13H,1-6H2/t10?,11?,12-,13+/m1/s1. The van der Waals surface area contributed by atoms with E-state index in [1.165, 1.54) is 24.8 Å². The van der Waals surface area contributed by atoms with Gasteiger partial charge in [0.2, 0.25) is 0 Å². The van der Waals surface area contributed by atoms with Gasteiger partial charge in [-0.25, -0.2) is 0 Å². The smallest absolute Gasteiger partial charge is 0.150 e. The molecule has 0 amide bonds. The molecule has 0 aromatic carbocycles. The average Bonchev–Trinajstić information content (AvgIpc) is 2.89. The van der Waals surface area contributed by atoms with E-state index in [2.05, 4.69) is 18.7 Å². The van der Waals surface area contributed by atoms with Crippen LogP contribution in [0.3, 0.4) is 0 Å². The topological polar surface area (TPSA) is 47.6 Å². The molecule has 2 heteroatoms. The molecule has 2 nitrogen and oxygen atoms in total. The van der Waals surface area contributed by atoms with Gasteiger partial charge in [0, 0.05) is 6.42 Å². The molecule has 0 spiro atoms. The SMILES string of the molecule is C=C1CC(C#N)(C#N)[C@@H]2CC3CCCC3[C@H]12. The molecule has 0 aliphatic heterocycles. The first-order valence-corrected chi connectivity index (χ1v) is 6.22. The van der Waals surface area contributed by atoms with Gasteiger partial charge in [-0.15, -0.1) is 0 Å². The highest BCUT2D eigenvalue weighted by Crippen LogP contribution is 2.63. The van der Waals surface area contributed by atoms with Crippen LogP contribution in [0.2, 0.25) is 0 Å². The lowest BCUT2D eigenvalue weighted by atomic mass is 9.77. The van der Waals surface area contributed by atoms with Crippen LogP contribution in [0, 0.1) is 51.7 Å². The molecule has 2 unspecified atom stereocenters. The van der Waals surface area contributed by atoms with Gasteiger partial charge in [-0.1, -0.05) is 25.0 Å². The predicted octanol–water partition coefficient (Wildman–Crippen LogP) is 3.03. The molecule has 4 atom stereocenters. The molecule has 16 heavy (non-hydrogen) atoms.